The van der Waals surface area contributed by atoms with Crippen molar-refractivity contribution in [1.29, 1.82) is 0 Å². The molecule has 1 spiro atoms. The summed E-state index contributed by atoms with van der Waals surface area (Å²) in [5, 5.41) is 0. The Morgan fingerprint density at radius 3 is 2.40 bits per heavy atom. The van der Waals surface area contributed by atoms with E-state index in [0.717, 1.165) is 17.5 Å². The SMILES string of the molecule is Nc1ccccc1CCCN1CCC2(CCCC2)CC1. The minimum absolute atomic E-state index is 0.750. The average Bonchev–Trinajstić information content (AvgIpc) is 2.92. The van der Waals surface area contributed by atoms with E-state index in [1.54, 1.807) is 0 Å². The first-order valence-electron chi connectivity index (χ1n) is 8.33. The number of hydrogen-bond donors (Lipinski definition) is 1. The smallest absolute Gasteiger partial charge is 0.0346 e. The average molecular weight is 272 g/mol. The van der Waals surface area contributed by atoms with Crippen molar-refractivity contribution < 1.29 is 0 Å². The number of piperidine rings is 1. The molecule has 0 unspecified atom stereocenters. The van der Waals surface area contributed by atoms with E-state index in [9.17, 15) is 0 Å². The van der Waals surface area contributed by atoms with Crippen LogP contribution in [0.4, 0.5) is 5.69 Å². The highest BCUT2D eigenvalue weighted by atomic mass is 15.1. The van der Waals surface area contributed by atoms with Crippen molar-refractivity contribution in [2.24, 2.45) is 5.41 Å². The molecular formula is C18H28N2. The molecule has 3 rings (SSSR count). The van der Waals surface area contributed by atoms with E-state index in [2.05, 4.69) is 17.0 Å². The standard InChI is InChI=1S/C18H28N2/c19-17-8-2-1-6-16(17)7-5-13-20-14-11-18(12-15-20)9-3-4-10-18/h1-2,6,8H,3-5,7,9-15,19H2. The van der Waals surface area contributed by atoms with Gasteiger partial charge in [-0.3, -0.25) is 0 Å². The van der Waals surface area contributed by atoms with Crippen LogP contribution < -0.4 is 5.73 Å². The van der Waals surface area contributed by atoms with E-state index < -0.39 is 0 Å². The summed E-state index contributed by atoms with van der Waals surface area (Å²) in [7, 11) is 0. The Morgan fingerprint density at radius 2 is 1.70 bits per heavy atom. The van der Waals surface area contributed by atoms with Gasteiger partial charge in [-0.2, -0.15) is 0 Å². The van der Waals surface area contributed by atoms with Crippen LogP contribution in [0.3, 0.4) is 0 Å². The van der Waals surface area contributed by atoms with E-state index in [0.29, 0.717) is 0 Å². The molecule has 0 amide bonds. The number of nitrogens with two attached hydrogens (primary N) is 1. The molecule has 0 bridgehead atoms. The monoisotopic (exact) mass is 272 g/mol. The van der Waals surface area contributed by atoms with E-state index in [-0.39, 0.29) is 0 Å². The maximum atomic E-state index is 6.00. The highest BCUT2D eigenvalue weighted by molar-refractivity contribution is 5.46. The lowest BCUT2D eigenvalue weighted by atomic mass is 9.77. The highest BCUT2D eigenvalue weighted by Crippen LogP contribution is 2.46. The molecule has 1 heterocycles. The first-order chi connectivity index (χ1) is 9.77. The molecule has 0 radical (unpaired) electrons. The number of likely N-dealkylation sites (tertiary alicyclic amines) is 1. The number of nitrogen functional groups attached to an aromatic ring is 1. The zero-order valence-electron chi connectivity index (χ0n) is 12.6. The maximum absolute atomic E-state index is 6.00. The number of hydrogen-bond acceptors (Lipinski definition) is 2. The second kappa shape index (κ2) is 6.17. The number of anilines is 1. The molecule has 2 aliphatic rings. The fourth-order valence-corrected chi connectivity index (χ4v) is 4.13. The fourth-order valence-electron chi connectivity index (χ4n) is 4.13. The van der Waals surface area contributed by atoms with E-state index >= 15 is 0 Å². The van der Waals surface area contributed by atoms with Crippen LogP contribution in [-0.4, -0.2) is 24.5 Å². The van der Waals surface area contributed by atoms with Gasteiger partial charge in [-0.05, 0) is 75.2 Å². The van der Waals surface area contributed by atoms with Crippen LogP contribution in [0, 0.1) is 5.41 Å². The lowest BCUT2D eigenvalue weighted by Crippen LogP contribution is -2.39. The topological polar surface area (TPSA) is 29.3 Å². The molecule has 1 aromatic carbocycles. The number of nitrogens with zero attached hydrogens (tertiary/aromatic N) is 1. The molecule has 1 aliphatic heterocycles. The minimum atomic E-state index is 0.750. The van der Waals surface area contributed by atoms with Gasteiger partial charge in [0.1, 0.15) is 0 Å². The van der Waals surface area contributed by atoms with Gasteiger partial charge in [0.25, 0.3) is 0 Å². The quantitative estimate of drug-likeness (QED) is 0.843. The van der Waals surface area contributed by atoms with Crippen LogP contribution in [0.15, 0.2) is 24.3 Å². The largest absolute Gasteiger partial charge is 0.399 e. The summed E-state index contributed by atoms with van der Waals surface area (Å²) in [6.45, 7) is 3.89. The molecule has 2 heteroatoms. The Balaban J connectivity index is 1.41. The van der Waals surface area contributed by atoms with E-state index in [4.69, 9.17) is 5.73 Å². The number of rotatable bonds is 4. The zero-order chi connectivity index (χ0) is 13.8. The van der Waals surface area contributed by atoms with Gasteiger partial charge in [-0.15, -0.1) is 0 Å². The Bertz CT molecular complexity index is 425. The Morgan fingerprint density at radius 1 is 1.00 bits per heavy atom. The summed E-state index contributed by atoms with van der Waals surface area (Å²) in [5.74, 6) is 0. The molecule has 2 fully saturated rings. The third-order valence-electron chi connectivity index (χ3n) is 5.56. The van der Waals surface area contributed by atoms with Gasteiger partial charge in [-0.25, -0.2) is 0 Å². The number of para-hydroxylation sites is 1. The van der Waals surface area contributed by atoms with Crippen LogP contribution >= 0.6 is 0 Å². The molecule has 1 aromatic rings. The van der Waals surface area contributed by atoms with Crippen LogP contribution in [0.5, 0.6) is 0 Å². The normalized spacial score (nSPS) is 22.4. The highest BCUT2D eigenvalue weighted by Gasteiger charge is 2.36. The Kier molecular flexibility index (Phi) is 4.30. The van der Waals surface area contributed by atoms with Crippen molar-refractivity contribution >= 4 is 5.69 Å². The summed E-state index contributed by atoms with van der Waals surface area (Å²) in [5.41, 5.74) is 9.03. The molecule has 1 saturated carbocycles. The maximum Gasteiger partial charge on any atom is 0.0346 e. The molecule has 1 saturated heterocycles. The fraction of sp³-hybridized carbons (Fsp3) is 0.667. The molecule has 1 aliphatic carbocycles. The summed E-state index contributed by atoms with van der Waals surface area (Å²) >= 11 is 0. The number of aryl methyl sites for hydroxylation is 1. The lowest BCUT2D eigenvalue weighted by molar-refractivity contribution is 0.108. The molecule has 2 N–H and O–H groups in total. The van der Waals surface area contributed by atoms with Crippen molar-refractivity contribution in [2.75, 3.05) is 25.4 Å². The predicted octanol–water partition coefficient (Wildman–Crippen LogP) is 3.86. The summed E-state index contributed by atoms with van der Waals surface area (Å²) in [4.78, 5) is 2.67. The van der Waals surface area contributed by atoms with Gasteiger partial charge in [-0.1, -0.05) is 31.0 Å². The van der Waals surface area contributed by atoms with E-state index in [1.807, 2.05) is 12.1 Å². The second-order valence-electron chi connectivity index (χ2n) is 6.85. The predicted molar refractivity (Wildman–Crippen MR) is 85.8 cm³/mol. The molecule has 20 heavy (non-hydrogen) atoms. The minimum Gasteiger partial charge on any atom is -0.399 e. The first kappa shape index (κ1) is 13.9. The van der Waals surface area contributed by atoms with Crippen LogP contribution in [0.1, 0.15) is 50.5 Å². The summed E-state index contributed by atoms with van der Waals surface area (Å²) < 4.78 is 0. The third kappa shape index (κ3) is 3.17. The molecule has 110 valence electrons. The van der Waals surface area contributed by atoms with Crippen LogP contribution in [0.25, 0.3) is 0 Å². The first-order valence-corrected chi connectivity index (χ1v) is 8.33. The van der Waals surface area contributed by atoms with Gasteiger partial charge in [0.05, 0.1) is 0 Å². The van der Waals surface area contributed by atoms with E-state index in [1.165, 1.54) is 70.1 Å². The molecule has 0 atom stereocenters. The van der Waals surface area contributed by atoms with Crippen molar-refractivity contribution in [1.82, 2.24) is 4.90 Å². The number of benzene rings is 1. The van der Waals surface area contributed by atoms with Crippen molar-refractivity contribution in [3.05, 3.63) is 29.8 Å². The summed E-state index contributed by atoms with van der Waals surface area (Å²) in [6.07, 6.45) is 11.2. The van der Waals surface area contributed by atoms with Crippen molar-refractivity contribution in [2.45, 2.75) is 51.4 Å². The van der Waals surface area contributed by atoms with Gasteiger partial charge in [0.15, 0.2) is 0 Å². The van der Waals surface area contributed by atoms with Crippen molar-refractivity contribution in [3.63, 3.8) is 0 Å². The van der Waals surface area contributed by atoms with Crippen LogP contribution in [0.2, 0.25) is 0 Å². The van der Waals surface area contributed by atoms with Gasteiger partial charge in [0.2, 0.25) is 0 Å². The molecule has 0 aromatic heterocycles. The van der Waals surface area contributed by atoms with Crippen molar-refractivity contribution in [3.8, 4) is 0 Å². The second-order valence-corrected chi connectivity index (χ2v) is 6.85. The summed E-state index contributed by atoms with van der Waals surface area (Å²) in [6, 6.07) is 8.29. The third-order valence-corrected chi connectivity index (χ3v) is 5.56. The molecule has 2 nitrogen and oxygen atoms in total. The lowest BCUT2D eigenvalue weighted by Gasteiger charge is -2.39. The van der Waals surface area contributed by atoms with Gasteiger partial charge >= 0.3 is 0 Å². The van der Waals surface area contributed by atoms with Gasteiger partial charge in [0, 0.05) is 5.69 Å². The molecular weight excluding hydrogens is 244 g/mol. The Labute approximate surface area is 123 Å². The van der Waals surface area contributed by atoms with Crippen LogP contribution in [-0.2, 0) is 6.42 Å². The Hall–Kier alpha value is -1.02. The van der Waals surface area contributed by atoms with Gasteiger partial charge < -0.3 is 10.6 Å². The zero-order valence-corrected chi connectivity index (χ0v) is 12.6.